The number of benzene rings is 1. The molecule has 1 aliphatic rings. The molecule has 0 aliphatic carbocycles. The molecule has 0 saturated carbocycles. The largest absolute Gasteiger partial charge is 0.490 e. The van der Waals surface area contributed by atoms with Crippen LogP contribution in [0.2, 0.25) is 0 Å². The van der Waals surface area contributed by atoms with Crippen LogP contribution < -0.4 is 4.74 Å². The van der Waals surface area contributed by atoms with Crippen LogP contribution in [0.25, 0.3) is 10.9 Å². The van der Waals surface area contributed by atoms with Crippen LogP contribution >= 0.6 is 0 Å². The Morgan fingerprint density at radius 3 is 2.64 bits per heavy atom. The molecule has 22 heavy (non-hydrogen) atoms. The van der Waals surface area contributed by atoms with Crippen LogP contribution in [0.3, 0.4) is 0 Å². The third-order valence-corrected chi connectivity index (χ3v) is 5.03. The fraction of sp³-hybridized carbons (Fsp3) is 0.611. The number of rotatable bonds is 4. The average Bonchev–Trinajstić information content (AvgIpc) is 2.96. The lowest BCUT2D eigenvalue weighted by molar-refractivity contribution is 0.0758. The lowest BCUT2D eigenvalue weighted by Gasteiger charge is -2.36. The third-order valence-electron chi connectivity index (χ3n) is 5.03. The zero-order chi connectivity index (χ0) is 15.7. The van der Waals surface area contributed by atoms with Crippen LogP contribution in [0.1, 0.15) is 39.2 Å². The first kappa shape index (κ1) is 15.3. The van der Waals surface area contributed by atoms with Crippen LogP contribution in [-0.2, 0) is 0 Å². The first-order valence-corrected chi connectivity index (χ1v) is 8.39. The van der Waals surface area contributed by atoms with E-state index in [2.05, 4.69) is 54.9 Å². The maximum absolute atomic E-state index is 6.24. The number of piperidine rings is 1. The van der Waals surface area contributed by atoms with Crippen molar-refractivity contribution in [1.82, 2.24) is 15.1 Å². The molecule has 2 heterocycles. The van der Waals surface area contributed by atoms with Crippen LogP contribution in [0.4, 0.5) is 0 Å². The summed E-state index contributed by atoms with van der Waals surface area (Å²) in [6.07, 6.45) is 4.59. The molecular weight excluding hydrogens is 274 g/mol. The molecule has 4 heteroatoms. The topological polar surface area (TPSA) is 41.1 Å². The van der Waals surface area contributed by atoms with Crippen molar-refractivity contribution in [2.45, 2.75) is 52.7 Å². The van der Waals surface area contributed by atoms with Gasteiger partial charge in [0, 0.05) is 17.5 Å². The standard InChI is InChI=1S/C18H27N3O/c1-12(2)21-7-5-15(6-8-21)14(4)22-16-9-13(3)17-11-19-20-18(17)10-16/h9-12,14-15H,5-8H2,1-4H3,(H,19,20). The van der Waals surface area contributed by atoms with E-state index in [0.717, 1.165) is 11.3 Å². The molecule has 1 fully saturated rings. The number of hydrogen-bond acceptors (Lipinski definition) is 3. The molecule has 1 N–H and O–H groups in total. The summed E-state index contributed by atoms with van der Waals surface area (Å²) < 4.78 is 6.24. The molecule has 0 radical (unpaired) electrons. The fourth-order valence-corrected chi connectivity index (χ4v) is 3.48. The highest BCUT2D eigenvalue weighted by Gasteiger charge is 2.26. The number of H-pyrrole nitrogens is 1. The molecule has 0 bridgehead atoms. The molecule has 1 aliphatic heterocycles. The van der Waals surface area contributed by atoms with Gasteiger partial charge in [0.15, 0.2) is 0 Å². The molecule has 1 unspecified atom stereocenters. The number of nitrogens with one attached hydrogen (secondary N) is 1. The Morgan fingerprint density at radius 2 is 1.95 bits per heavy atom. The Balaban J connectivity index is 1.64. The van der Waals surface area contributed by atoms with Gasteiger partial charge in [0.05, 0.1) is 17.8 Å². The van der Waals surface area contributed by atoms with Crippen molar-refractivity contribution in [2.75, 3.05) is 13.1 Å². The number of hydrogen-bond donors (Lipinski definition) is 1. The van der Waals surface area contributed by atoms with E-state index in [1.165, 1.54) is 36.9 Å². The summed E-state index contributed by atoms with van der Waals surface area (Å²) in [4.78, 5) is 2.56. The van der Waals surface area contributed by atoms with Crippen molar-refractivity contribution >= 4 is 10.9 Å². The highest BCUT2D eigenvalue weighted by Crippen LogP contribution is 2.28. The minimum atomic E-state index is 0.258. The molecule has 1 aromatic heterocycles. The van der Waals surface area contributed by atoms with E-state index in [0.29, 0.717) is 12.0 Å². The van der Waals surface area contributed by atoms with Crippen LogP contribution in [0.5, 0.6) is 5.75 Å². The highest BCUT2D eigenvalue weighted by atomic mass is 16.5. The zero-order valence-corrected chi connectivity index (χ0v) is 14.1. The van der Waals surface area contributed by atoms with Crippen molar-refractivity contribution < 1.29 is 4.74 Å². The summed E-state index contributed by atoms with van der Waals surface area (Å²) in [5.41, 5.74) is 2.26. The Bertz CT molecular complexity index is 626. The maximum Gasteiger partial charge on any atom is 0.122 e. The van der Waals surface area contributed by atoms with E-state index in [9.17, 15) is 0 Å². The molecule has 1 atom stereocenters. The first-order chi connectivity index (χ1) is 10.5. The molecule has 4 nitrogen and oxygen atoms in total. The van der Waals surface area contributed by atoms with Crippen molar-refractivity contribution in [1.29, 1.82) is 0 Å². The summed E-state index contributed by atoms with van der Waals surface area (Å²) in [7, 11) is 0. The summed E-state index contributed by atoms with van der Waals surface area (Å²) >= 11 is 0. The molecule has 2 aromatic rings. The van der Waals surface area contributed by atoms with E-state index in [4.69, 9.17) is 4.74 Å². The van der Waals surface area contributed by atoms with Gasteiger partial charge in [-0.1, -0.05) is 0 Å². The fourth-order valence-electron chi connectivity index (χ4n) is 3.48. The summed E-state index contributed by atoms with van der Waals surface area (Å²) in [5.74, 6) is 1.60. The van der Waals surface area contributed by atoms with Crippen LogP contribution in [0.15, 0.2) is 18.3 Å². The van der Waals surface area contributed by atoms with Crippen molar-refractivity contribution in [3.8, 4) is 5.75 Å². The summed E-state index contributed by atoms with van der Waals surface area (Å²) in [6.45, 7) is 11.3. The SMILES string of the molecule is Cc1cc(OC(C)C2CCN(C(C)C)CC2)cc2[nH]ncc12. The van der Waals surface area contributed by atoms with Gasteiger partial charge in [0.2, 0.25) is 0 Å². The molecule has 120 valence electrons. The van der Waals surface area contributed by atoms with Gasteiger partial charge < -0.3 is 9.64 Å². The van der Waals surface area contributed by atoms with Crippen molar-refractivity contribution in [2.24, 2.45) is 5.92 Å². The van der Waals surface area contributed by atoms with Gasteiger partial charge in [-0.25, -0.2) is 0 Å². The third kappa shape index (κ3) is 3.12. The minimum absolute atomic E-state index is 0.258. The monoisotopic (exact) mass is 301 g/mol. The molecular formula is C18H27N3O. The Kier molecular flexibility index (Phi) is 4.39. The summed E-state index contributed by atoms with van der Waals surface area (Å²) in [5, 5.41) is 8.32. The molecule has 3 rings (SSSR count). The number of nitrogens with zero attached hydrogens (tertiary/aromatic N) is 2. The maximum atomic E-state index is 6.24. The molecule has 0 spiro atoms. The van der Waals surface area contributed by atoms with Crippen LogP contribution in [0, 0.1) is 12.8 Å². The second kappa shape index (κ2) is 6.29. The van der Waals surface area contributed by atoms with E-state index in [1.54, 1.807) is 0 Å². The van der Waals surface area contributed by atoms with Gasteiger partial charge in [0.25, 0.3) is 0 Å². The van der Waals surface area contributed by atoms with Gasteiger partial charge in [-0.15, -0.1) is 0 Å². The Hall–Kier alpha value is -1.55. The molecule has 1 saturated heterocycles. The van der Waals surface area contributed by atoms with E-state index in [1.807, 2.05) is 6.20 Å². The van der Waals surface area contributed by atoms with Crippen molar-refractivity contribution in [3.63, 3.8) is 0 Å². The van der Waals surface area contributed by atoms with Crippen molar-refractivity contribution in [3.05, 3.63) is 23.9 Å². The minimum Gasteiger partial charge on any atom is -0.490 e. The second-order valence-electron chi connectivity index (χ2n) is 6.86. The number of fused-ring (bicyclic) bond motifs is 1. The Labute approximate surface area is 132 Å². The second-order valence-corrected chi connectivity index (χ2v) is 6.86. The lowest BCUT2D eigenvalue weighted by Crippen LogP contribution is -2.41. The Morgan fingerprint density at radius 1 is 1.23 bits per heavy atom. The number of aryl methyl sites for hydroxylation is 1. The molecule has 1 aromatic carbocycles. The molecule has 0 amide bonds. The number of likely N-dealkylation sites (tertiary alicyclic amines) is 1. The zero-order valence-electron chi connectivity index (χ0n) is 14.1. The lowest BCUT2D eigenvalue weighted by atomic mass is 9.91. The highest BCUT2D eigenvalue weighted by molar-refractivity contribution is 5.82. The number of aromatic nitrogens is 2. The van der Waals surface area contributed by atoms with Crippen LogP contribution in [-0.4, -0.2) is 40.3 Å². The van der Waals surface area contributed by atoms with E-state index < -0.39 is 0 Å². The van der Waals surface area contributed by atoms with Gasteiger partial charge in [-0.3, -0.25) is 5.10 Å². The first-order valence-electron chi connectivity index (χ1n) is 8.39. The summed E-state index contributed by atoms with van der Waals surface area (Å²) in [6, 6.07) is 4.84. The van der Waals surface area contributed by atoms with Gasteiger partial charge in [-0.05, 0) is 71.2 Å². The number of aromatic amines is 1. The van der Waals surface area contributed by atoms with E-state index in [-0.39, 0.29) is 6.10 Å². The number of ether oxygens (including phenoxy) is 1. The van der Waals surface area contributed by atoms with E-state index >= 15 is 0 Å². The predicted molar refractivity (Wildman–Crippen MR) is 90.4 cm³/mol. The van der Waals surface area contributed by atoms with Gasteiger partial charge in [-0.2, -0.15) is 5.10 Å². The van der Waals surface area contributed by atoms with Gasteiger partial charge in [0.1, 0.15) is 5.75 Å². The van der Waals surface area contributed by atoms with Gasteiger partial charge >= 0.3 is 0 Å². The normalized spacial score (nSPS) is 19.0. The predicted octanol–water partition coefficient (Wildman–Crippen LogP) is 3.76. The average molecular weight is 301 g/mol. The smallest absolute Gasteiger partial charge is 0.122 e. The quantitative estimate of drug-likeness (QED) is 0.935.